The fraction of sp³-hybridized carbons (Fsp3) is 0.333. The third-order valence-corrected chi connectivity index (χ3v) is 5.61. The molecular formula is C9H10O2S3. The third kappa shape index (κ3) is 1.94. The Morgan fingerprint density at radius 1 is 1.21 bits per heavy atom. The summed E-state index contributed by atoms with van der Waals surface area (Å²) >= 11 is 4.04. The molecule has 0 unspecified atom stereocenters. The molecule has 2 nitrogen and oxygen atoms in total. The number of hydrogen-bond donors (Lipinski definition) is 1. The Balaban J connectivity index is 2.33. The van der Waals surface area contributed by atoms with Gasteiger partial charge in [-0.2, -0.15) is 0 Å². The van der Waals surface area contributed by atoms with Crippen LogP contribution in [0.25, 0.3) is 0 Å². The summed E-state index contributed by atoms with van der Waals surface area (Å²) in [6.45, 7) is 0. The van der Waals surface area contributed by atoms with Gasteiger partial charge in [-0.3, -0.25) is 0 Å². The Labute approximate surface area is 92.8 Å². The summed E-state index contributed by atoms with van der Waals surface area (Å²) in [7, 11) is -1.71. The zero-order chi connectivity index (χ0) is 10.2. The fourth-order valence-electron chi connectivity index (χ4n) is 1.26. The van der Waals surface area contributed by atoms with E-state index in [-0.39, 0.29) is 5.25 Å². The van der Waals surface area contributed by atoms with Crippen LogP contribution in [-0.4, -0.2) is 13.7 Å². The molecule has 0 spiro atoms. The maximum Gasteiger partial charge on any atom is 0.181 e. The van der Waals surface area contributed by atoms with Crippen LogP contribution in [0.15, 0.2) is 34.1 Å². The SMILES string of the molecule is O=S(=O)(c1ccc(SS)cc1)C1CC1. The van der Waals surface area contributed by atoms with E-state index in [1.807, 2.05) is 0 Å². The molecule has 0 bridgehead atoms. The molecular weight excluding hydrogens is 236 g/mol. The fourth-order valence-corrected chi connectivity index (χ4v) is 3.54. The second-order valence-corrected chi connectivity index (χ2v) is 6.74. The summed E-state index contributed by atoms with van der Waals surface area (Å²) in [5.41, 5.74) is 0. The minimum atomic E-state index is -3.02. The number of rotatable bonds is 3. The van der Waals surface area contributed by atoms with Crippen LogP contribution >= 0.6 is 22.5 Å². The van der Waals surface area contributed by atoms with Crippen LogP contribution in [-0.2, 0) is 9.84 Å². The minimum absolute atomic E-state index is 0.128. The van der Waals surface area contributed by atoms with E-state index in [0.717, 1.165) is 17.7 Å². The van der Waals surface area contributed by atoms with E-state index < -0.39 is 9.84 Å². The molecule has 0 N–H and O–H groups in total. The summed E-state index contributed by atoms with van der Waals surface area (Å²) < 4.78 is 23.5. The molecule has 1 aromatic carbocycles. The van der Waals surface area contributed by atoms with E-state index in [0.29, 0.717) is 4.90 Å². The van der Waals surface area contributed by atoms with Crippen molar-refractivity contribution in [1.29, 1.82) is 0 Å². The van der Waals surface area contributed by atoms with Gasteiger partial charge >= 0.3 is 0 Å². The average molecular weight is 246 g/mol. The molecule has 0 aromatic heterocycles. The van der Waals surface area contributed by atoms with Gasteiger partial charge in [0.1, 0.15) is 0 Å². The van der Waals surface area contributed by atoms with Crippen molar-refractivity contribution in [3.8, 4) is 0 Å². The molecule has 0 atom stereocenters. The van der Waals surface area contributed by atoms with Gasteiger partial charge in [0.05, 0.1) is 10.1 Å². The van der Waals surface area contributed by atoms with E-state index >= 15 is 0 Å². The molecule has 1 fully saturated rings. The van der Waals surface area contributed by atoms with Crippen molar-refractivity contribution in [3.63, 3.8) is 0 Å². The number of sulfone groups is 1. The number of benzene rings is 1. The molecule has 0 heterocycles. The lowest BCUT2D eigenvalue weighted by Gasteiger charge is -2.02. The minimum Gasteiger partial charge on any atom is -0.223 e. The molecule has 2 rings (SSSR count). The van der Waals surface area contributed by atoms with Crippen molar-refractivity contribution in [3.05, 3.63) is 24.3 Å². The van der Waals surface area contributed by atoms with E-state index in [1.54, 1.807) is 24.3 Å². The molecule has 1 aliphatic rings. The maximum absolute atomic E-state index is 11.8. The Morgan fingerprint density at radius 2 is 1.79 bits per heavy atom. The van der Waals surface area contributed by atoms with Gasteiger partial charge in [-0.05, 0) is 37.1 Å². The molecule has 0 radical (unpaired) electrons. The van der Waals surface area contributed by atoms with Gasteiger partial charge in [0, 0.05) is 4.90 Å². The second-order valence-electron chi connectivity index (χ2n) is 3.31. The van der Waals surface area contributed by atoms with Crippen molar-refractivity contribution >= 4 is 32.3 Å². The van der Waals surface area contributed by atoms with Gasteiger partial charge in [0.2, 0.25) is 0 Å². The first-order valence-electron chi connectivity index (χ1n) is 4.30. The summed E-state index contributed by atoms with van der Waals surface area (Å²) in [6, 6.07) is 6.89. The first-order chi connectivity index (χ1) is 6.64. The lowest BCUT2D eigenvalue weighted by Crippen LogP contribution is -2.06. The van der Waals surface area contributed by atoms with Gasteiger partial charge in [0.15, 0.2) is 9.84 Å². The van der Waals surface area contributed by atoms with Crippen LogP contribution in [0, 0.1) is 0 Å². The highest BCUT2D eigenvalue weighted by atomic mass is 33.1. The summed E-state index contributed by atoms with van der Waals surface area (Å²) in [4.78, 5) is 1.40. The molecule has 1 aromatic rings. The third-order valence-electron chi connectivity index (χ3n) is 2.22. The molecule has 0 saturated heterocycles. The highest BCUT2D eigenvalue weighted by Crippen LogP contribution is 2.34. The van der Waals surface area contributed by atoms with Crippen LogP contribution in [0.5, 0.6) is 0 Å². The molecule has 76 valence electrons. The quantitative estimate of drug-likeness (QED) is 0.657. The van der Waals surface area contributed by atoms with Crippen LogP contribution in [0.2, 0.25) is 0 Å². The summed E-state index contributed by atoms with van der Waals surface area (Å²) in [5, 5.41) is -0.128. The van der Waals surface area contributed by atoms with Crippen LogP contribution in [0.4, 0.5) is 0 Å². The zero-order valence-electron chi connectivity index (χ0n) is 7.38. The lowest BCUT2D eigenvalue weighted by molar-refractivity contribution is 0.594. The topological polar surface area (TPSA) is 34.1 Å². The lowest BCUT2D eigenvalue weighted by atomic mass is 10.4. The van der Waals surface area contributed by atoms with E-state index in [2.05, 4.69) is 11.7 Å². The standard InChI is InChI=1S/C9H10O2S3/c10-14(11,9-5-6-9)8-3-1-7(13-12)2-4-8/h1-4,9,12H,5-6H2. The molecule has 1 aliphatic carbocycles. The van der Waals surface area contributed by atoms with Gasteiger partial charge in [0.25, 0.3) is 0 Å². The highest BCUT2D eigenvalue weighted by Gasteiger charge is 2.36. The molecule has 5 heteroatoms. The number of thiol groups is 1. The van der Waals surface area contributed by atoms with Gasteiger partial charge in [-0.1, -0.05) is 10.8 Å². The predicted octanol–water partition coefficient (Wildman–Crippen LogP) is 2.56. The first-order valence-corrected chi connectivity index (χ1v) is 7.71. The van der Waals surface area contributed by atoms with E-state index in [4.69, 9.17) is 0 Å². The second kappa shape index (κ2) is 3.79. The highest BCUT2D eigenvalue weighted by molar-refractivity contribution is 8.68. The first kappa shape index (κ1) is 10.4. The monoisotopic (exact) mass is 246 g/mol. The van der Waals surface area contributed by atoms with Crippen molar-refractivity contribution in [1.82, 2.24) is 0 Å². The Morgan fingerprint density at radius 3 is 2.21 bits per heavy atom. The predicted molar refractivity (Wildman–Crippen MR) is 61.5 cm³/mol. The van der Waals surface area contributed by atoms with Gasteiger partial charge in [-0.25, -0.2) is 8.42 Å². The van der Waals surface area contributed by atoms with Crippen LogP contribution in [0.1, 0.15) is 12.8 Å². The van der Waals surface area contributed by atoms with Crippen molar-refractivity contribution in [2.45, 2.75) is 27.9 Å². The van der Waals surface area contributed by atoms with Crippen molar-refractivity contribution in [2.75, 3.05) is 0 Å². The molecule has 1 saturated carbocycles. The molecule has 0 aliphatic heterocycles. The molecule has 0 amide bonds. The average Bonchev–Trinajstić information content (AvgIpc) is 3.01. The van der Waals surface area contributed by atoms with E-state index in [9.17, 15) is 8.42 Å². The Bertz CT molecular complexity index is 418. The van der Waals surface area contributed by atoms with Crippen molar-refractivity contribution in [2.24, 2.45) is 0 Å². The maximum atomic E-state index is 11.8. The van der Waals surface area contributed by atoms with Crippen molar-refractivity contribution < 1.29 is 8.42 Å². The largest absolute Gasteiger partial charge is 0.223 e. The zero-order valence-corrected chi connectivity index (χ0v) is 9.91. The number of hydrogen-bond acceptors (Lipinski definition) is 4. The van der Waals surface area contributed by atoms with Gasteiger partial charge < -0.3 is 0 Å². The Kier molecular flexibility index (Phi) is 2.81. The van der Waals surface area contributed by atoms with Crippen LogP contribution < -0.4 is 0 Å². The summed E-state index contributed by atoms with van der Waals surface area (Å²) in [5.74, 6) is 0. The van der Waals surface area contributed by atoms with Crippen LogP contribution in [0.3, 0.4) is 0 Å². The summed E-state index contributed by atoms with van der Waals surface area (Å²) in [6.07, 6.45) is 1.62. The normalized spacial score (nSPS) is 16.9. The smallest absolute Gasteiger partial charge is 0.181 e. The Hall–Kier alpha value is -0.130. The van der Waals surface area contributed by atoms with E-state index in [1.165, 1.54) is 10.8 Å². The van der Waals surface area contributed by atoms with Gasteiger partial charge in [-0.15, -0.1) is 11.7 Å². The molecule has 14 heavy (non-hydrogen) atoms.